The Balaban J connectivity index is 2.20. The summed E-state index contributed by atoms with van der Waals surface area (Å²) in [5, 5.41) is 12.6. The minimum atomic E-state index is -0.798. The highest BCUT2D eigenvalue weighted by Gasteiger charge is 2.21. The number of amides is 1. The van der Waals surface area contributed by atoms with Crippen molar-refractivity contribution < 1.29 is 18.3 Å². The maximum absolute atomic E-state index is 13.9. The average Bonchev–Trinajstić information content (AvgIpc) is 2.98. The third-order valence-electron chi connectivity index (χ3n) is 3.17. The summed E-state index contributed by atoms with van der Waals surface area (Å²) < 4.78 is 32.6. The van der Waals surface area contributed by atoms with Gasteiger partial charge in [0.15, 0.2) is 5.69 Å². The number of thiazole rings is 1. The van der Waals surface area contributed by atoms with Gasteiger partial charge in [0.2, 0.25) is 0 Å². The summed E-state index contributed by atoms with van der Waals surface area (Å²) in [4.78, 5) is 16.3. The topological polar surface area (TPSA) is 113 Å². The first kappa shape index (κ1) is 19.5. The fourth-order valence-electron chi connectivity index (χ4n) is 1.95. The van der Waals surface area contributed by atoms with E-state index in [2.05, 4.69) is 15.6 Å². The van der Waals surface area contributed by atoms with Gasteiger partial charge < -0.3 is 26.5 Å². The molecule has 0 unspecified atom stereocenters. The molecule has 0 aliphatic carbocycles. The molecule has 0 saturated heterocycles. The summed E-state index contributed by atoms with van der Waals surface area (Å²) in [5.41, 5.74) is 5.43. The first-order chi connectivity index (χ1) is 12.5. The van der Waals surface area contributed by atoms with E-state index in [0.29, 0.717) is 13.2 Å². The molecular formula is C16H17F2N5O2S. The Hall–Kier alpha value is -2.85. The van der Waals surface area contributed by atoms with Gasteiger partial charge in [-0.05, 0) is 12.1 Å². The number of hydrogen-bond donors (Lipinski definition) is 4. The van der Waals surface area contributed by atoms with E-state index in [-0.39, 0.29) is 27.0 Å². The number of anilines is 1. The number of nitrogen functional groups attached to an aromatic ring is 1. The van der Waals surface area contributed by atoms with Crippen molar-refractivity contribution in [1.82, 2.24) is 15.6 Å². The first-order valence-corrected chi connectivity index (χ1v) is 8.24. The number of nitrogens with zero attached hydrogens (tertiary/aromatic N) is 1. The van der Waals surface area contributed by atoms with Crippen LogP contribution in [0.4, 0.5) is 13.8 Å². The molecule has 2 rings (SSSR count). The first-order valence-electron chi connectivity index (χ1n) is 7.43. The van der Waals surface area contributed by atoms with Crippen LogP contribution in [0.25, 0.3) is 10.6 Å². The zero-order valence-electron chi connectivity index (χ0n) is 13.8. The Morgan fingerprint density at radius 1 is 1.42 bits per heavy atom. The van der Waals surface area contributed by atoms with Gasteiger partial charge in [0.1, 0.15) is 21.6 Å². The van der Waals surface area contributed by atoms with E-state index in [1.54, 1.807) is 7.11 Å². The van der Waals surface area contributed by atoms with Crippen molar-refractivity contribution >= 4 is 28.5 Å². The summed E-state index contributed by atoms with van der Waals surface area (Å²) in [6, 6.07) is 3.42. The summed E-state index contributed by atoms with van der Waals surface area (Å²) in [6.07, 6.45) is 2.35. The Bertz CT molecular complexity index is 818. The zero-order chi connectivity index (χ0) is 19.1. The number of allylic oxidation sites excluding steroid dienone is 1. The molecule has 138 valence electrons. The molecule has 1 amide bonds. The van der Waals surface area contributed by atoms with E-state index < -0.39 is 17.5 Å². The molecular weight excluding hydrogens is 364 g/mol. The smallest absolute Gasteiger partial charge is 0.277 e. The van der Waals surface area contributed by atoms with E-state index >= 15 is 0 Å². The Labute approximate surface area is 152 Å². The largest absolute Gasteiger partial charge is 0.389 e. The van der Waals surface area contributed by atoms with Crippen LogP contribution in [0.15, 0.2) is 30.1 Å². The number of carbonyl (C=O) groups is 1. The Kier molecular flexibility index (Phi) is 6.75. The van der Waals surface area contributed by atoms with Gasteiger partial charge in [-0.2, -0.15) is 0 Å². The van der Waals surface area contributed by atoms with Gasteiger partial charge in [-0.1, -0.05) is 17.4 Å². The second-order valence-corrected chi connectivity index (χ2v) is 6.00. The zero-order valence-corrected chi connectivity index (χ0v) is 14.6. The Morgan fingerprint density at radius 2 is 2.12 bits per heavy atom. The van der Waals surface area contributed by atoms with Gasteiger partial charge in [-0.3, -0.25) is 4.79 Å². The quantitative estimate of drug-likeness (QED) is 0.413. The van der Waals surface area contributed by atoms with Crippen LogP contribution in [0.1, 0.15) is 10.5 Å². The molecule has 26 heavy (non-hydrogen) atoms. The maximum atomic E-state index is 13.9. The number of rotatable bonds is 8. The summed E-state index contributed by atoms with van der Waals surface area (Å²) in [6.45, 7) is 0.936. The fraction of sp³-hybridized carbons (Fsp3) is 0.188. The second-order valence-electron chi connectivity index (χ2n) is 4.97. The van der Waals surface area contributed by atoms with Crippen molar-refractivity contribution in [1.29, 1.82) is 5.41 Å². The van der Waals surface area contributed by atoms with Crippen molar-refractivity contribution in [2.75, 3.05) is 26.0 Å². The van der Waals surface area contributed by atoms with Gasteiger partial charge in [-0.15, -0.1) is 0 Å². The summed E-state index contributed by atoms with van der Waals surface area (Å²) >= 11 is 0.800. The van der Waals surface area contributed by atoms with Crippen molar-refractivity contribution in [3.05, 3.63) is 47.4 Å². The molecule has 2 aromatic rings. The second kappa shape index (κ2) is 9.02. The lowest BCUT2D eigenvalue weighted by molar-refractivity contribution is 0.0964. The molecule has 5 N–H and O–H groups in total. The van der Waals surface area contributed by atoms with Crippen molar-refractivity contribution in [2.24, 2.45) is 0 Å². The van der Waals surface area contributed by atoms with Crippen LogP contribution in [0.2, 0.25) is 0 Å². The molecule has 1 heterocycles. The fourth-order valence-corrected chi connectivity index (χ4v) is 2.83. The van der Waals surface area contributed by atoms with Crippen molar-refractivity contribution in [3.63, 3.8) is 0 Å². The van der Waals surface area contributed by atoms with Gasteiger partial charge in [0, 0.05) is 26.1 Å². The van der Waals surface area contributed by atoms with Crippen LogP contribution in [0.5, 0.6) is 0 Å². The predicted molar refractivity (Wildman–Crippen MR) is 96.1 cm³/mol. The van der Waals surface area contributed by atoms with E-state index in [0.717, 1.165) is 29.7 Å². The third-order valence-corrected chi connectivity index (χ3v) is 4.07. The molecule has 0 atom stereocenters. The van der Waals surface area contributed by atoms with Crippen LogP contribution in [-0.2, 0) is 4.74 Å². The van der Waals surface area contributed by atoms with Gasteiger partial charge in [0.05, 0.1) is 17.9 Å². The molecule has 0 fully saturated rings. The van der Waals surface area contributed by atoms with E-state index in [9.17, 15) is 13.6 Å². The molecule has 1 aromatic carbocycles. The molecule has 10 heteroatoms. The lowest BCUT2D eigenvalue weighted by Gasteiger charge is -2.05. The molecule has 0 aliphatic heterocycles. The third kappa shape index (κ3) is 4.61. The van der Waals surface area contributed by atoms with E-state index in [4.69, 9.17) is 15.9 Å². The van der Waals surface area contributed by atoms with Crippen LogP contribution >= 0.6 is 11.3 Å². The predicted octanol–water partition coefficient (Wildman–Crippen LogP) is 2.13. The SMILES string of the molecule is COCCN/C=C(\C=N)NC(=O)c1nc(-c2c(F)cccc2F)sc1N. The summed E-state index contributed by atoms with van der Waals surface area (Å²) in [5.74, 6) is -2.29. The van der Waals surface area contributed by atoms with Crippen LogP contribution < -0.4 is 16.4 Å². The van der Waals surface area contributed by atoms with Crippen molar-refractivity contribution in [3.8, 4) is 10.6 Å². The van der Waals surface area contributed by atoms with Crippen molar-refractivity contribution in [2.45, 2.75) is 0 Å². The lowest BCUT2D eigenvalue weighted by atomic mass is 10.2. The number of carbonyl (C=O) groups excluding carboxylic acids is 1. The van der Waals surface area contributed by atoms with Gasteiger partial charge in [0.25, 0.3) is 5.91 Å². The normalized spacial score (nSPS) is 11.3. The molecule has 1 aromatic heterocycles. The molecule has 7 nitrogen and oxygen atoms in total. The van der Waals surface area contributed by atoms with Gasteiger partial charge >= 0.3 is 0 Å². The minimum Gasteiger partial charge on any atom is -0.389 e. The van der Waals surface area contributed by atoms with Crippen LogP contribution in [0, 0.1) is 17.0 Å². The number of benzene rings is 1. The number of ether oxygens (including phenoxy) is 1. The summed E-state index contributed by atoms with van der Waals surface area (Å²) in [7, 11) is 1.55. The molecule has 0 aliphatic rings. The number of methoxy groups -OCH3 is 1. The highest BCUT2D eigenvalue weighted by atomic mass is 32.1. The number of nitrogens with two attached hydrogens (primary N) is 1. The highest BCUT2D eigenvalue weighted by molar-refractivity contribution is 7.19. The molecule has 0 bridgehead atoms. The molecule has 0 radical (unpaired) electrons. The number of aromatic nitrogens is 1. The average molecular weight is 381 g/mol. The van der Waals surface area contributed by atoms with Crippen LogP contribution in [0.3, 0.4) is 0 Å². The highest BCUT2D eigenvalue weighted by Crippen LogP contribution is 2.33. The minimum absolute atomic E-state index is 0.0109. The molecule has 0 saturated carbocycles. The molecule has 0 spiro atoms. The van der Waals surface area contributed by atoms with E-state index in [1.807, 2.05) is 0 Å². The maximum Gasteiger partial charge on any atom is 0.277 e. The van der Waals surface area contributed by atoms with Gasteiger partial charge in [-0.25, -0.2) is 13.8 Å². The standard InChI is InChI=1S/C16H17F2N5O2S/c1-25-6-5-21-8-9(7-19)22-15(24)13-14(20)26-16(23-13)12-10(17)3-2-4-11(12)18/h2-4,7-8,19,21H,5-6,20H2,1H3,(H,22,24)/b9-8+,19-7?. The number of nitrogens with one attached hydrogen (secondary N) is 3. The number of halogens is 2. The monoisotopic (exact) mass is 381 g/mol. The van der Waals surface area contributed by atoms with E-state index in [1.165, 1.54) is 12.3 Å². The number of hydrogen-bond acceptors (Lipinski definition) is 7. The Morgan fingerprint density at radius 3 is 2.73 bits per heavy atom. The lowest BCUT2D eigenvalue weighted by Crippen LogP contribution is -2.26. The van der Waals surface area contributed by atoms with Crippen LogP contribution in [-0.4, -0.2) is 37.4 Å².